The summed E-state index contributed by atoms with van der Waals surface area (Å²) in [4.78, 5) is 62.1. The van der Waals surface area contributed by atoms with Crippen molar-refractivity contribution >= 4 is 23.7 Å². The molecule has 3 atom stereocenters. The molecule has 4 rings (SSSR count). The number of benzene rings is 1. The Hall–Kier alpha value is -4.10. The van der Waals surface area contributed by atoms with Gasteiger partial charge in [-0.05, 0) is 42.7 Å². The molecule has 0 spiro atoms. The summed E-state index contributed by atoms with van der Waals surface area (Å²) in [5, 5.41) is 28.7. The van der Waals surface area contributed by atoms with E-state index < -0.39 is 63.9 Å². The number of halogens is 2. The number of hydrogen-bond donors (Lipinski definition) is 2. The molecule has 0 heterocycles. The van der Waals surface area contributed by atoms with Crippen molar-refractivity contribution in [2.45, 2.75) is 51.4 Å². The SMILES string of the molecule is CC1(C)[C@@H]2C[C@@H]1[C@@H](c1c(O)cc(C(F)(F)C(=O)OCCCCO[N+](=O)[O-])cc1OC(=O)/C=C/C(=O)O)CC2=O. The molecule has 0 saturated heterocycles. The molecule has 3 aliphatic rings. The first-order valence-electron chi connectivity index (χ1n) is 12.0. The Labute approximate surface area is 220 Å². The van der Waals surface area contributed by atoms with Crippen molar-refractivity contribution in [1.29, 1.82) is 0 Å². The predicted molar refractivity (Wildman–Crippen MR) is 125 cm³/mol. The first-order valence-corrected chi connectivity index (χ1v) is 12.0. The number of fused-ring (bicyclic) bond motifs is 2. The Bertz CT molecular complexity index is 1210. The van der Waals surface area contributed by atoms with Crippen molar-refractivity contribution in [1.82, 2.24) is 0 Å². The number of ketones is 1. The normalized spacial score (nSPS) is 21.6. The van der Waals surface area contributed by atoms with Crippen LogP contribution < -0.4 is 4.74 Å². The smallest absolute Gasteiger partial charge is 0.381 e. The van der Waals surface area contributed by atoms with E-state index in [0.717, 1.165) is 0 Å². The van der Waals surface area contributed by atoms with E-state index in [1.165, 1.54) is 0 Å². The molecule has 2 bridgehead atoms. The monoisotopic (exact) mass is 555 g/mol. The van der Waals surface area contributed by atoms with Crippen LogP contribution in [-0.2, 0) is 34.7 Å². The van der Waals surface area contributed by atoms with Gasteiger partial charge in [0.25, 0.3) is 5.09 Å². The minimum Gasteiger partial charge on any atom is -0.508 e. The van der Waals surface area contributed by atoms with Crippen molar-refractivity contribution < 1.29 is 57.6 Å². The first kappa shape index (κ1) is 29.5. The number of carboxylic acid groups (broad SMARTS) is 1. The number of ether oxygens (including phenoxy) is 2. The van der Waals surface area contributed by atoms with Crippen molar-refractivity contribution in [3.05, 3.63) is 45.5 Å². The molecule has 12 nitrogen and oxygen atoms in total. The Morgan fingerprint density at radius 2 is 1.87 bits per heavy atom. The summed E-state index contributed by atoms with van der Waals surface area (Å²) in [7, 11) is 0. The molecule has 0 unspecified atom stereocenters. The van der Waals surface area contributed by atoms with Gasteiger partial charge in [-0.2, -0.15) is 8.78 Å². The number of carbonyl (C=O) groups excluding carboxylic acids is 3. The highest BCUT2D eigenvalue weighted by Crippen LogP contribution is 2.64. The lowest BCUT2D eigenvalue weighted by atomic mass is 9.44. The van der Waals surface area contributed by atoms with Crippen LogP contribution in [0.1, 0.15) is 56.6 Å². The van der Waals surface area contributed by atoms with Crippen LogP contribution in [0.25, 0.3) is 0 Å². The summed E-state index contributed by atoms with van der Waals surface area (Å²) in [5.74, 6) is -11.4. The fourth-order valence-electron chi connectivity index (χ4n) is 5.24. The van der Waals surface area contributed by atoms with Gasteiger partial charge >= 0.3 is 23.8 Å². The highest BCUT2D eigenvalue weighted by molar-refractivity contribution is 5.92. The number of nitrogens with zero attached hydrogens (tertiary/aromatic N) is 1. The maximum absolute atomic E-state index is 15.0. The average Bonchev–Trinajstić information content (AvgIpc) is 2.83. The molecule has 3 fully saturated rings. The van der Waals surface area contributed by atoms with Gasteiger partial charge in [-0.3, -0.25) is 4.79 Å². The maximum atomic E-state index is 15.0. The van der Waals surface area contributed by atoms with Crippen molar-refractivity contribution in [3.63, 3.8) is 0 Å². The lowest BCUT2D eigenvalue weighted by Crippen LogP contribution is -2.56. The van der Waals surface area contributed by atoms with Crippen LogP contribution in [0.15, 0.2) is 24.3 Å². The molecule has 3 saturated carbocycles. The van der Waals surface area contributed by atoms with Gasteiger partial charge in [0.1, 0.15) is 17.3 Å². The minimum absolute atomic E-state index is 0.00744. The van der Waals surface area contributed by atoms with E-state index in [0.29, 0.717) is 30.7 Å². The lowest BCUT2D eigenvalue weighted by Gasteiger charge is -2.59. The van der Waals surface area contributed by atoms with Gasteiger partial charge < -0.3 is 24.5 Å². The van der Waals surface area contributed by atoms with Gasteiger partial charge in [0.2, 0.25) is 0 Å². The van der Waals surface area contributed by atoms with Crippen molar-refractivity contribution in [3.8, 4) is 11.5 Å². The summed E-state index contributed by atoms with van der Waals surface area (Å²) in [6.45, 7) is 2.93. The molecule has 0 radical (unpaired) electrons. The Balaban J connectivity index is 1.89. The molecule has 2 N–H and O–H groups in total. The molecular formula is C25H27F2NO11. The van der Waals surface area contributed by atoms with Crippen LogP contribution >= 0.6 is 0 Å². The number of hydrogen-bond acceptors (Lipinski definition) is 10. The lowest BCUT2D eigenvalue weighted by molar-refractivity contribution is -0.757. The van der Waals surface area contributed by atoms with Crippen molar-refractivity contribution in [2.75, 3.05) is 13.2 Å². The van der Waals surface area contributed by atoms with Crippen LogP contribution in [0.2, 0.25) is 0 Å². The van der Waals surface area contributed by atoms with Gasteiger partial charge in [0.15, 0.2) is 0 Å². The second-order valence-electron chi connectivity index (χ2n) is 9.97. The maximum Gasteiger partial charge on any atom is 0.381 e. The zero-order chi connectivity index (χ0) is 29.1. The van der Waals surface area contributed by atoms with Gasteiger partial charge in [-0.15, -0.1) is 10.1 Å². The summed E-state index contributed by atoms with van der Waals surface area (Å²) in [5.41, 5.74) is -1.59. The second-order valence-corrected chi connectivity index (χ2v) is 9.97. The second kappa shape index (κ2) is 11.3. The Kier molecular flexibility index (Phi) is 8.56. The summed E-state index contributed by atoms with van der Waals surface area (Å²) in [6, 6.07) is 1.31. The minimum atomic E-state index is -4.31. The number of rotatable bonds is 12. The predicted octanol–water partition coefficient (Wildman–Crippen LogP) is 3.28. The number of unbranched alkanes of at least 4 members (excludes halogenated alkanes) is 1. The Morgan fingerprint density at radius 1 is 1.21 bits per heavy atom. The van der Waals surface area contributed by atoms with Crippen LogP contribution in [-0.4, -0.2) is 52.2 Å². The molecule has 1 aromatic carbocycles. The number of aromatic hydroxyl groups is 1. The van der Waals surface area contributed by atoms with Crippen LogP contribution in [0.3, 0.4) is 0 Å². The fourth-order valence-corrected chi connectivity index (χ4v) is 5.24. The first-order chi connectivity index (χ1) is 18.2. The summed E-state index contributed by atoms with van der Waals surface area (Å²) in [6.07, 6.45) is 1.53. The molecule has 0 aliphatic heterocycles. The zero-order valence-corrected chi connectivity index (χ0v) is 21.1. The number of carbonyl (C=O) groups is 4. The van der Waals surface area contributed by atoms with E-state index in [1.807, 2.05) is 13.8 Å². The number of alkyl halides is 2. The third-order valence-electron chi connectivity index (χ3n) is 7.29. The standard InChI is InChI=1S/C25H27F2NO11/c1-24(2)15-12-16(24)17(29)11-14(15)22-18(30)9-13(10-19(22)39-21(33)6-5-20(31)32)25(26,27)23(34)37-7-3-4-8-38-28(35)36/h5-6,9-10,14-16,30H,3-4,7-8,11-12H2,1-2H3,(H,31,32)/b6-5+/t14-,15+,16+/m0/s1. The van der Waals surface area contributed by atoms with E-state index in [-0.39, 0.29) is 49.1 Å². The average molecular weight is 555 g/mol. The molecule has 39 heavy (non-hydrogen) atoms. The topological polar surface area (TPSA) is 180 Å². The quantitative estimate of drug-likeness (QED) is 0.0965. The number of phenols is 1. The van der Waals surface area contributed by atoms with E-state index in [9.17, 15) is 34.4 Å². The summed E-state index contributed by atoms with van der Waals surface area (Å²) >= 11 is 0. The van der Waals surface area contributed by atoms with E-state index in [2.05, 4.69) is 9.57 Å². The number of phenolic OH excluding ortho intramolecular Hbond substituents is 1. The molecule has 3 aliphatic carbocycles. The highest BCUT2D eigenvalue weighted by atomic mass is 19.3. The zero-order valence-electron chi connectivity index (χ0n) is 21.1. The van der Waals surface area contributed by atoms with E-state index >= 15 is 8.78 Å². The molecule has 212 valence electrons. The van der Waals surface area contributed by atoms with Crippen molar-refractivity contribution in [2.24, 2.45) is 17.3 Å². The molecular weight excluding hydrogens is 528 g/mol. The largest absolute Gasteiger partial charge is 0.508 e. The van der Waals surface area contributed by atoms with E-state index in [4.69, 9.17) is 9.84 Å². The van der Waals surface area contributed by atoms with Gasteiger partial charge in [0.05, 0.1) is 13.2 Å². The number of Topliss-reactive ketones (excluding diaryl/α,β-unsaturated/α-hetero) is 1. The van der Waals surface area contributed by atoms with Crippen LogP contribution in [0.4, 0.5) is 8.78 Å². The molecule has 1 aromatic rings. The molecule has 14 heteroatoms. The number of carboxylic acids is 1. The molecule has 0 aromatic heterocycles. The Morgan fingerprint density at radius 3 is 2.46 bits per heavy atom. The van der Waals surface area contributed by atoms with Gasteiger partial charge in [-0.25, -0.2) is 14.4 Å². The molecule has 0 amide bonds. The number of esters is 2. The number of aliphatic carboxylic acids is 1. The van der Waals surface area contributed by atoms with Gasteiger partial charge in [-0.1, -0.05) is 13.8 Å². The highest BCUT2D eigenvalue weighted by Gasteiger charge is 2.59. The van der Waals surface area contributed by atoms with Gasteiger partial charge in [0, 0.05) is 41.5 Å². The summed E-state index contributed by atoms with van der Waals surface area (Å²) < 4.78 is 39.8. The van der Waals surface area contributed by atoms with Crippen LogP contribution in [0, 0.1) is 27.4 Å². The fraction of sp³-hybridized carbons (Fsp3) is 0.520. The third-order valence-corrected chi connectivity index (χ3v) is 7.29. The third kappa shape index (κ3) is 6.32. The van der Waals surface area contributed by atoms with E-state index in [1.54, 1.807) is 0 Å². The van der Waals surface area contributed by atoms with Crippen LogP contribution in [0.5, 0.6) is 11.5 Å².